The lowest BCUT2D eigenvalue weighted by Crippen LogP contribution is -2.28. The van der Waals surface area contributed by atoms with E-state index in [1.807, 2.05) is 48.9 Å². The maximum Gasteiger partial charge on any atom is 0.416 e. The van der Waals surface area contributed by atoms with E-state index in [9.17, 15) is 22.4 Å². The van der Waals surface area contributed by atoms with E-state index >= 15 is 0 Å². The summed E-state index contributed by atoms with van der Waals surface area (Å²) in [5, 5.41) is 3.75. The Balaban J connectivity index is 1.79. The van der Waals surface area contributed by atoms with Crippen LogP contribution in [0.1, 0.15) is 48.4 Å². The minimum atomic E-state index is -4.49. The van der Waals surface area contributed by atoms with Crippen molar-refractivity contribution < 1.29 is 22.4 Å². The van der Waals surface area contributed by atoms with Crippen LogP contribution in [-0.2, 0) is 17.5 Å². The van der Waals surface area contributed by atoms with Gasteiger partial charge in [-0.15, -0.1) is 0 Å². The molecule has 1 aromatic heterocycles. The van der Waals surface area contributed by atoms with Crippen LogP contribution in [0.25, 0.3) is 10.9 Å². The summed E-state index contributed by atoms with van der Waals surface area (Å²) in [6.45, 7) is 4.90. The van der Waals surface area contributed by atoms with E-state index in [0.717, 1.165) is 34.2 Å². The van der Waals surface area contributed by atoms with E-state index in [4.69, 9.17) is 0 Å². The Morgan fingerprint density at radius 3 is 2.39 bits per heavy atom. The van der Waals surface area contributed by atoms with E-state index in [2.05, 4.69) is 5.32 Å². The number of carbonyl (C=O) groups is 1. The third kappa shape index (κ3) is 5.96. The molecule has 0 aliphatic carbocycles. The molecule has 0 saturated heterocycles. The van der Waals surface area contributed by atoms with Gasteiger partial charge in [-0.1, -0.05) is 62.4 Å². The number of amides is 1. The van der Waals surface area contributed by atoms with Gasteiger partial charge >= 0.3 is 6.18 Å². The van der Waals surface area contributed by atoms with Gasteiger partial charge in [0.05, 0.1) is 5.56 Å². The van der Waals surface area contributed by atoms with Crippen LogP contribution in [0.4, 0.5) is 17.6 Å². The third-order valence-electron chi connectivity index (χ3n) is 6.17. The fourth-order valence-electron chi connectivity index (χ4n) is 4.38. The molecule has 0 saturated carbocycles. The third-order valence-corrected chi connectivity index (χ3v) is 6.17. The van der Waals surface area contributed by atoms with Crippen LogP contribution < -0.4 is 5.32 Å². The first-order valence-electron chi connectivity index (χ1n) is 11.9. The Labute approximate surface area is 207 Å². The maximum absolute atomic E-state index is 13.5. The first kappa shape index (κ1) is 25.5. The van der Waals surface area contributed by atoms with Gasteiger partial charge in [0.15, 0.2) is 0 Å². The van der Waals surface area contributed by atoms with Gasteiger partial charge in [-0.3, -0.25) is 4.79 Å². The van der Waals surface area contributed by atoms with Gasteiger partial charge < -0.3 is 9.88 Å². The van der Waals surface area contributed by atoms with Crippen LogP contribution in [0.15, 0.2) is 79.0 Å². The zero-order valence-corrected chi connectivity index (χ0v) is 20.1. The van der Waals surface area contributed by atoms with Gasteiger partial charge in [0.25, 0.3) is 0 Å². The number of alkyl halides is 3. The topological polar surface area (TPSA) is 34.0 Å². The standard InChI is InChI=1S/C29H28F4N2O/c1-19(2)16-34-28(36)15-25(21-6-5-7-22(14-21)29(31,32)33)26-18-35(27-9-4-3-8-24(26)27)17-20-10-12-23(30)13-11-20/h3-14,18-19,25H,15-17H2,1-2H3,(H,34,36)/t25-/m0/s1. The number of hydrogen-bond donors (Lipinski definition) is 1. The number of halogens is 4. The minimum absolute atomic E-state index is 0.0125. The maximum atomic E-state index is 13.5. The SMILES string of the molecule is CC(C)CNC(=O)C[C@@H](c1cccc(C(F)(F)F)c1)c1cn(Cc2ccc(F)cc2)c2ccccc12. The van der Waals surface area contributed by atoms with Gasteiger partial charge in [0.2, 0.25) is 5.91 Å². The minimum Gasteiger partial charge on any atom is -0.356 e. The highest BCUT2D eigenvalue weighted by atomic mass is 19.4. The van der Waals surface area contributed by atoms with E-state index in [0.29, 0.717) is 18.7 Å². The predicted molar refractivity (Wildman–Crippen MR) is 133 cm³/mol. The molecule has 1 heterocycles. The number of para-hydroxylation sites is 1. The summed E-state index contributed by atoms with van der Waals surface area (Å²) >= 11 is 0. The van der Waals surface area contributed by atoms with Crippen LogP contribution in [0.2, 0.25) is 0 Å². The van der Waals surface area contributed by atoms with E-state index < -0.39 is 17.7 Å². The van der Waals surface area contributed by atoms with Gasteiger partial charge in [-0.25, -0.2) is 4.39 Å². The number of nitrogens with zero attached hydrogens (tertiary/aromatic N) is 1. The summed E-state index contributed by atoms with van der Waals surface area (Å²) in [6.07, 6.45) is -2.58. The monoisotopic (exact) mass is 496 g/mol. The van der Waals surface area contributed by atoms with Crippen LogP contribution in [0.5, 0.6) is 0 Å². The highest BCUT2D eigenvalue weighted by molar-refractivity contribution is 5.86. The average molecular weight is 497 g/mol. The molecule has 7 heteroatoms. The van der Waals surface area contributed by atoms with Crippen molar-refractivity contribution in [2.45, 2.75) is 38.9 Å². The highest BCUT2D eigenvalue weighted by Gasteiger charge is 2.32. The summed E-state index contributed by atoms with van der Waals surface area (Å²) in [6, 6.07) is 19.0. The number of nitrogens with one attached hydrogen (secondary N) is 1. The molecule has 0 bridgehead atoms. The smallest absolute Gasteiger partial charge is 0.356 e. The summed E-state index contributed by atoms with van der Waals surface area (Å²) in [7, 11) is 0. The van der Waals surface area contributed by atoms with Crippen molar-refractivity contribution in [3.63, 3.8) is 0 Å². The first-order valence-corrected chi connectivity index (χ1v) is 11.9. The number of benzene rings is 3. The molecule has 1 N–H and O–H groups in total. The molecular weight excluding hydrogens is 468 g/mol. The molecule has 0 fully saturated rings. The second-order valence-electron chi connectivity index (χ2n) is 9.43. The summed E-state index contributed by atoms with van der Waals surface area (Å²) < 4.78 is 56.0. The second kappa shape index (κ2) is 10.6. The molecule has 0 spiro atoms. The number of aromatic nitrogens is 1. The lowest BCUT2D eigenvalue weighted by molar-refractivity contribution is -0.137. The van der Waals surface area contributed by atoms with E-state index in [1.54, 1.807) is 18.2 Å². The van der Waals surface area contributed by atoms with Crippen molar-refractivity contribution in [3.05, 3.63) is 107 Å². The Morgan fingerprint density at radius 2 is 1.69 bits per heavy atom. The normalized spacial score (nSPS) is 12.8. The van der Waals surface area contributed by atoms with Gasteiger partial charge in [0.1, 0.15) is 5.82 Å². The molecule has 188 valence electrons. The zero-order valence-electron chi connectivity index (χ0n) is 20.1. The van der Waals surface area contributed by atoms with Crippen molar-refractivity contribution >= 4 is 16.8 Å². The van der Waals surface area contributed by atoms with Gasteiger partial charge in [-0.05, 0) is 46.9 Å². The molecule has 3 nitrogen and oxygen atoms in total. The predicted octanol–water partition coefficient (Wildman–Crippen LogP) is 7.14. The lowest BCUT2D eigenvalue weighted by Gasteiger charge is -2.19. The summed E-state index contributed by atoms with van der Waals surface area (Å²) in [5.74, 6) is -0.882. The molecular formula is C29H28F4N2O. The first-order chi connectivity index (χ1) is 17.1. The molecule has 4 rings (SSSR count). The van der Waals surface area contributed by atoms with E-state index in [1.165, 1.54) is 18.2 Å². The molecule has 3 aromatic carbocycles. The highest BCUT2D eigenvalue weighted by Crippen LogP contribution is 2.38. The number of rotatable bonds is 8. The van der Waals surface area contributed by atoms with Crippen LogP contribution in [0, 0.1) is 11.7 Å². The lowest BCUT2D eigenvalue weighted by atomic mass is 9.87. The molecule has 4 aromatic rings. The number of fused-ring (bicyclic) bond motifs is 1. The molecule has 0 aliphatic heterocycles. The molecule has 36 heavy (non-hydrogen) atoms. The van der Waals surface area contributed by atoms with Crippen molar-refractivity contribution in [3.8, 4) is 0 Å². The fraction of sp³-hybridized carbons (Fsp3) is 0.276. The van der Waals surface area contributed by atoms with Gasteiger partial charge in [0, 0.05) is 42.5 Å². The molecule has 0 aliphatic rings. The fourth-order valence-corrected chi connectivity index (χ4v) is 4.38. The summed E-state index contributed by atoms with van der Waals surface area (Å²) in [5.41, 5.74) is 2.22. The molecule has 1 atom stereocenters. The second-order valence-corrected chi connectivity index (χ2v) is 9.43. The zero-order chi connectivity index (χ0) is 25.9. The van der Waals surface area contributed by atoms with Crippen LogP contribution in [-0.4, -0.2) is 17.0 Å². The Kier molecular flexibility index (Phi) is 7.48. The Morgan fingerprint density at radius 1 is 0.972 bits per heavy atom. The van der Waals surface area contributed by atoms with Crippen LogP contribution >= 0.6 is 0 Å². The molecule has 0 radical (unpaired) electrons. The quantitative estimate of drug-likeness (QED) is 0.259. The van der Waals surface area contributed by atoms with Crippen molar-refractivity contribution in [1.29, 1.82) is 0 Å². The van der Waals surface area contributed by atoms with Crippen molar-refractivity contribution in [1.82, 2.24) is 9.88 Å². The van der Waals surface area contributed by atoms with Crippen molar-refractivity contribution in [2.24, 2.45) is 5.92 Å². The Bertz CT molecular complexity index is 1340. The molecule has 0 unspecified atom stereocenters. The van der Waals surface area contributed by atoms with Crippen LogP contribution in [0.3, 0.4) is 0 Å². The van der Waals surface area contributed by atoms with Gasteiger partial charge in [-0.2, -0.15) is 13.2 Å². The average Bonchev–Trinajstić information content (AvgIpc) is 3.20. The number of carbonyl (C=O) groups excluding carboxylic acids is 1. The number of hydrogen-bond acceptors (Lipinski definition) is 1. The molecule has 1 amide bonds. The van der Waals surface area contributed by atoms with Crippen molar-refractivity contribution in [2.75, 3.05) is 6.54 Å². The Hall–Kier alpha value is -3.61. The summed E-state index contributed by atoms with van der Waals surface area (Å²) in [4.78, 5) is 12.9. The largest absolute Gasteiger partial charge is 0.416 e. The van der Waals surface area contributed by atoms with E-state index in [-0.39, 0.29) is 24.1 Å².